The molecule has 3 N–H and O–H groups in total. The van der Waals surface area contributed by atoms with Crippen molar-refractivity contribution in [1.82, 2.24) is 4.98 Å². The maximum absolute atomic E-state index is 13.2. The smallest absolute Gasteiger partial charge is 0.285 e. The Morgan fingerprint density at radius 3 is 2.52 bits per heavy atom. The number of carbonyl (C=O) groups is 1. The van der Waals surface area contributed by atoms with Gasteiger partial charge in [0.05, 0.1) is 22.9 Å². The number of nitro benzene ring substituents is 1. The van der Waals surface area contributed by atoms with Gasteiger partial charge in [0.1, 0.15) is 11.4 Å². The van der Waals surface area contributed by atoms with Gasteiger partial charge in [-0.05, 0) is 18.2 Å². The van der Waals surface area contributed by atoms with E-state index in [1.165, 1.54) is 18.3 Å². The summed E-state index contributed by atoms with van der Waals surface area (Å²) in [6, 6.07) is 3.63. The number of nitro groups is 1. The summed E-state index contributed by atoms with van der Waals surface area (Å²) in [6.07, 6.45) is 1.22. The molecule has 0 bridgehead atoms. The van der Waals surface area contributed by atoms with E-state index in [4.69, 9.17) is 5.73 Å². The standard InChI is InChI=1S/C12H8F2N4O3/c13-8-3-7(10(18(20)21)4-9(8)14)12(19)17-6-1-2-11(15)16-5-6/h1-5H,(H2,15,16)(H,17,19). The third kappa shape index (κ3) is 3.08. The molecule has 0 aliphatic carbocycles. The average Bonchev–Trinajstić information content (AvgIpc) is 2.43. The van der Waals surface area contributed by atoms with Crippen LogP contribution >= 0.6 is 0 Å². The minimum atomic E-state index is -1.41. The first-order valence-corrected chi connectivity index (χ1v) is 5.55. The number of rotatable bonds is 3. The molecule has 2 aromatic rings. The van der Waals surface area contributed by atoms with Gasteiger partial charge in [-0.3, -0.25) is 14.9 Å². The second-order valence-corrected chi connectivity index (χ2v) is 3.97. The third-order valence-electron chi connectivity index (χ3n) is 2.52. The molecule has 0 saturated heterocycles. The van der Waals surface area contributed by atoms with Crippen LogP contribution in [0.2, 0.25) is 0 Å². The van der Waals surface area contributed by atoms with Crippen molar-refractivity contribution < 1.29 is 18.5 Å². The monoisotopic (exact) mass is 294 g/mol. The van der Waals surface area contributed by atoms with Gasteiger partial charge in [0.2, 0.25) is 0 Å². The maximum atomic E-state index is 13.2. The molecule has 0 unspecified atom stereocenters. The van der Waals surface area contributed by atoms with Gasteiger partial charge in [0.25, 0.3) is 11.6 Å². The van der Waals surface area contributed by atoms with E-state index in [1.54, 1.807) is 0 Å². The molecule has 0 radical (unpaired) electrons. The van der Waals surface area contributed by atoms with Gasteiger partial charge < -0.3 is 11.1 Å². The number of anilines is 2. The minimum Gasteiger partial charge on any atom is -0.384 e. The largest absolute Gasteiger partial charge is 0.384 e. The average molecular weight is 294 g/mol. The molecule has 1 aromatic carbocycles. The lowest BCUT2D eigenvalue weighted by molar-refractivity contribution is -0.385. The van der Waals surface area contributed by atoms with E-state index in [0.29, 0.717) is 12.1 Å². The Morgan fingerprint density at radius 2 is 1.95 bits per heavy atom. The van der Waals surface area contributed by atoms with Gasteiger partial charge in [-0.15, -0.1) is 0 Å². The van der Waals surface area contributed by atoms with E-state index < -0.39 is 33.7 Å². The van der Waals surface area contributed by atoms with Crippen LogP contribution in [-0.2, 0) is 0 Å². The molecule has 7 nitrogen and oxygen atoms in total. The highest BCUT2D eigenvalue weighted by Gasteiger charge is 2.24. The Hall–Kier alpha value is -3.10. The van der Waals surface area contributed by atoms with Gasteiger partial charge in [-0.1, -0.05) is 0 Å². The van der Waals surface area contributed by atoms with Crippen molar-refractivity contribution in [2.75, 3.05) is 11.1 Å². The number of nitrogen functional groups attached to an aromatic ring is 1. The van der Waals surface area contributed by atoms with E-state index in [2.05, 4.69) is 10.3 Å². The molecule has 1 aromatic heterocycles. The van der Waals surface area contributed by atoms with Crippen molar-refractivity contribution in [2.24, 2.45) is 0 Å². The summed E-state index contributed by atoms with van der Waals surface area (Å²) in [6.45, 7) is 0. The summed E-state index contributed by atoms with van der Waals surface area (Å²) in [4.78, 5) is 25.5. The van der Waals surface area contributed by atoms with E-state index in [1.807, 2.05) is 0 Å². The van der Waals surface area contributed by atoms with Crippen LogP contribution < -0.4 is 11.1 Å². The number of pyridine rings is 1. The SMILES string of the molecule is Nc1ccc(NC(=O)c2cc(F)c(F)cc2[N+](=O)[O-])cn1. The van der Waals surface area contributed by atoms with E-state index in [0.717, 1.165) is 0 Å². The lowest BCUT2D eigenvalue weighted by atomic mass is 10.1. The molecule has 1 amide bonds. The summed E-state index contributed by atoms with van der Waals surface area (Å²) in [7, 11) is 0. The van der Waals surface area contributed by atoms with E-state index >= 15 is 0 Å². The zero-order valence-electron chi connectivity index (χ0n) is 10.3. The summed E-state index contributed by atoms with van der Waals surface area (Å²) < 4.78 is 26.2. The number of benzene rings is 1. The number of amides is 1. The van der Waals surface area contributed by atoms with Crippen molar-refractivity contribution in [3.63, 3.8) is 0 Å². The Morgan fingerprint density at radius 1 is 1.29 bits per heavy atom. The molecule has 21 heavy (non-hydrogen) atoms. The van der Waals surface area contributed by atoms with Gasteiger partial charge in [-0.25, -0.2) is 13.8 Å². The van der Waals surface area contributed by atoms with Gasteiger partial charge in [0, 0.05) is 0 Å². The molecule has 0 aliphatic heterocycles. The molecule has 0 aliphatic rings. The third-order valence-corrected chi connectivity index (χ3v) is 2.52. The number of nitrogens with zero attached hydrogens (tertiary/aromatic N) is 2. The predicted octanol–water partition coefficient (Wildman–Crippen LogP) is 2.10. The topological polar surface area (TPSA) is 111 Å². The Labute approximate surface area is 116 Å². The summed E-state index contributed by atoms with van der Waals surface area (Å²) in [5.41, 5.74) is 4.13. The second-order valence-electron chi connectivity index (χ2n) is 3.97. The minimum absolute atomic E-state index is 0.202. The highest BCUT2D eigenvalue weighted by Crippen LogP contribution is 2.23. The Kier molecular flexibility index (Phi) is 3.74. The van der Waals surface area contributed by atoms with Crippen LogP contribution in [0, 0.1) is 21.7 Å². The van der Waals surface area contributed by atoms with Crippen LogP contribution in [0.5, 0.6) is 0 Å². The summed E-state index contributed by atoms with van der Waals surface area (Å²) >= 11 is 0. The molecule has 0 spiro atoms. The number of aromatic nitrogens is 1. The number of hydrogen-bond acceptors (Lipinski definition) is 5. The maximum Gasteiger partial charge on any atom is 0.285 e. The number of carbonyl (C=O) groups excluding carboxylic acids is 1. The molecule has 2 rings (SSSR count). The Bertz CT molecular complexity index is 719. The first kappa shape index (κ1) is 14.3. The summed E-state index contributed by atoms with van der Waals surface area (Å²) in [5.74, 6) is -3.52. The van der Waals surface area contributed by atoms with E-state index in [9.17, 15) is 23.7 Å². The molecule has 0 atom stereocenters. The number of nitrogens with two attached hydrogens (primary N) is 1. The van der Waals surface area contributed by atoms with Gasteiger partial charge in [0.15, 0.2) is 11.6 Å². The number of hydrogen-bond donors (Lipinski definition) is 2. The molecule has 0 fully saturated rings. The van der Waals surface area contributed by atoms with E-state index in [-0.39, 0.29) is 11.5 Å². The molecule has 0 saturated carbocycles. The Balaban J connectivity index is 2.36. The second kappa shape index (κ2) is 5.49. The van der Waals surface area contributed by atoms with Crippen LogP contribution in [0.4, 0.5) is 26.0 Å². The van der Waals surface area contributed by atoms with Crippen LogP contribution in [-0.4, -0.2) is 15.8 Å². The van der Waals surface area contributed by atoms with Crippen molar-refractivity contribution in [3.05, 3.63) is 57.8 Å². The molecule has 1 heterocycles. The predicted molar refractivity (Wildman–Crippen MR) is 69.6 cm³/mol. The fourth-order valence-electron chi connectivity index (χ4n) is 1.55. The lowest BCUT2D eigenvalue weighted by Crippen LogP contribution is -2.15. The molecular formula is C12H8F2N4O3. The van der Waals surface area contributed by atoms with Gasteiger partial charge >= 0.3 is 0 Å². The van der Waals surface area contributed by atoms with Crippen LogP contribution in [0.15, 0.2) is 30.5 Å². The van der Waals surface area contributed by atoms with Crippen LogP contribution in [0.3, 0.4) is 0 Å². The number of nitrogens with one attached hydrogen (secondary N) is 1. The normalized spacial score (nSPS) is 10.2. The fourth-order valence-corrected chi connectivity index (χ4v) is 1.55. The quantitative estimate of drug-likeness (QED) is 0.665. The van der Waals surface area contributed by atoms with Crippen molar-refractivity contribution in [3.8, 4) is 0 Å². The zero-order chi connectivity index (χ0) is 15.6. The molecule has 9 heteroatoms. The first-order chi connectivity index (χ1) is 9.88. The number of halogens is 2. The van der Waals surface area contributed by atoms with Crippen molar-refractivity contribution >= 4 is 23.1 Å². The van der Waals surface area contributed by atoms with Crippen LogP contribution in [0.1, 0.15) is 10.4 Å². The van der Waals surface area contributed by atoms with Crippen molar-refractivity contribution in [1.29, 1.82) is 0 Å². The van der Waals surface area contributed by atoms with Crippen molar-refractivity contribution in [2.45, 2.75) is 0 Å². The zero-order valence-corrected chi connectivity index (χ0v) is 10.3. The first-order valence-electron chi connectivity index (χ1n) is 5.55. The van der Waals surface area contributed by atoms with Crippen LogP contribution in [0.25, 0.3) is 0 Å². The molecule has 108 valence electrons. The summed E-state index contributed by atoms with van der Waals surface area (Å²) in [5, 5.41) is 13.1. The fraction of sp³-hybridized carbons (Fsp3) is 0. The van der Waals surface area contributed by atoms with Gasteiger partial charge in [-0.2, -0.15) is 0 Å². The highest BCUT2D eigenvalue weighted by atomic mass is 19.2. The lowest BCUT2D eigenvalue weighted by Gasteiger charge is -2.06. The molecular weight excluding hydrogens is 286 g/mol. The highest BCUT2D eigenvalue weighted by molar-refractivity contribution is 6.07.